The number of rotatable bonds is 9. The normalized spacial score (nSPS) is 12.9. The van der Waals surface area contributed by atoms with Gasteiger partial charge < -0.3 is 10.2 Å². The van der Waals surface area contributed by atoms with Crippen molar-refractivity contribution >= 4 is 46.6 Å². The molecule has 0 saturated carbocycles. The molecule has 0 radical (unpaired) electrons. The number of hydrogen-bond acceptors (Lipinski definition) is 2. The van der Waals surface area contributed by atoms with E-state index in [1.165, 1.54) is 0 Å². The third kappa shape index (κ3) is 6.90. The molecule has 1 N–H and O–H groups in total. The molecule has 0 aliphatic heterocycles. The highest BCUT2D eigenvalue weighted by atomic mass is 35.5. The molecule has 2 unspecified atom stereocenters. The molecule has 30 heavy (non-hydrogen) atoms. The van der Waals surface area contributed by atoms with Gasteiger partial charge in [0, 0.05) is 27.7 Å². The average molecular weight is 470 g/mol. The number of benzene rings is 2. The SMILES string of the molecule is CCC(C)NC(=O)C(CC)N(Cc1ccc(Cl)cc1Cl)C(=O)Cc1cccc(Cl)c1. The monoisotopic (exact) mass is 468 g/mol. The lowest BCUT2D eigenvalue weighted by atomic mass is 10.1. The third-order valence-electron chi connectivity index (χ3n) is 4.99. The van der Waals surface area contributed by atoms with Crippen molar-refractivity contribution in [2.75, 3.05) is 0 Å². The number of amides is 2. The summed E-state index contributed by atoms with van der Waals surface area (Å²) in [6.45, 7) is 6.05. The van der Waals surface area contributed by atoms with Gasteiger partial charge >= 0.3 is 0 Å². The van der Waals surface area contributed by atoms with Crippen LogP contribution in [0.1, 0.15) is 44.7 Å². The Morgan fingerprint density at radius 2 is 1.70 bits per heavy atom. The summed E-state index contributed by atoms with van der Waals surface area (Å²) in [5.41, 5.74) is 1.52. The molecule has 2 atom stereocenters. The molecule has 0 fully saturated rings. The van der Waals surface area contributed by atoms with Crippen molar-refractivity contribution in [2.45, 2.75) is 58.7 Å². The second kappa shape index (κ2) is 11.6. The van der Waals surface area contributed by atoms with Crippen LogP contribution < -0.4 is 5.32 Å². The van der Waals surface area contributed by atoms with Crippen LogP contribution in [-0.2, 0) is 22.6 Å². The van der Waals surface area contributed by atoms with Crippen LogP contribution in [0.15, 0.2) is 42.5 Å². The maximum absolute atomic E-state index is 13.3. The van der Waals surface area contributed by atoms with Crippen LogP contribution in [0.2, 0.25) is 15.1 Å². The van der Waals surface area contributed by atoms with Crippen molar-refractivity contribution in [3.05, 3.63) is 68.7 Å². The fourth-order valence-electron chi connectivity index (χ4n) is 3.12. The van der Waals surface area contributed by atoms with Crippen molar-refractivity contribution in [3.63, 3.8) is 0 Å². The van der Waals surface area contributed by atoms with E-state index in [4.69, 9.17) is 34.8 Å². The Morgan fingerprint density at radius 1 is 1.00 bits per heavy atom. The van der Waals surface area contributed by atoms with E-state index in [1.807, 2.05) is 26.8 Å². The molecule has 0 aromatic heterocycles. The van der Waals surface area contributed by atoms with E-state index in [-0.39, 0.29) is 30.8 Å². The molecule has 0 aliphatic carbocycles. The van der Waals surface area contributed by atoms with Gasteiger partial charge in [-0.15, -0.1) is 0 Å². The first-order valence-electron chi connectivity index (χ1n) is 10.0. The summed E-state index contributed by atoms with van der Waals surface area (Å²) in [5.74, 6) is -0.342. The van der Waals surface area contributed by atoms with E-state index in [1.54, 1.807) is 41.3 Å². The fourth-order valence-corrected chi connectivity index (χ4v) is 3.80. The van der Waals surface area contributed by atoms with Gasteiger partial charge in [0.15, 0.2) is 0 Å². The molecular formula is C23H27Cl3N2O2. The highest BCUT2D eigenvalue weighted by Gasteiger charge is 2.29. The molecule has 2 amide bonds. The molecular weight excluding hydrogens is 443 g/mol. The maximum atomic E-state index is 13.3. The predicted molar refractivity (Wildman–Crippen MR) is 124 cm³/mol. The molecule has 4 nitrogen and oxygen atoms in total. The van der Waals surface area contributed by atoms with Gasteiger partial charge in [0.1, 0.15) is 6.04 Å². The number of halogens is 3. The topological polar surface area (TPSA) is 49.4 Å². The lowest BCUT2D eigenvalue weighted by molar-refractivity contribution is -0.141. The van der Waals surface area contributed by atoms with Crippen molar-refractivity contribution in [2.24, 2.45) is 0 Å². The minimum atomic E-state index is -0.613. The molecule has 0 saturated heterocycles. The second-order valence-corrected chi connectivity index (χ2v) is 8.59. The largest absolute Gasteiger partial charge is 0.352 e. The quantitative estimate of drug-likeness (QED) is 0.496. The summed E-state index contributed by atoms with van der Waals surface area (Å²) < 4.78 is 0. The van der Waals surface area contributed by atoms with Crippen LogP contribution in [0.3, 0.4) is 0 Å². The number of carbonyl (C=O) groups excluding carboxylic acids is 2. The predicted octanol–water partition coefficient (Wildman–Crippen LogP) is 5.91. The van der Waals surface area contributed by atoms with Crippen LogP contribution in [0, 0.1) is 0 Å². The molecule has 0 bridgehead atoms. The van der Waals surface area contributed by atoms with Gasteiger partial charge in [-0.1, -0.05) is 66.8 Å². The minimum absolute atomic E-state index is 0.0237. The van der Waals surface area contributed by atoms with Gasteiger partial charge in [-0.05, 0) is 55.2 Å². The Bertz CT molecular complexity index is 889. The zero-order valence-corrected chi connectivity index (χ0v) is 19.7. The lowest BCUT2D eigenvalue weighted by Gasteiger charge is -2.32. The number of nitrogens with zero attached hydrogens (tertiary/aromatic N) is 1. The smallest absolute Gasteiger partial charge is 0.243 e. The summed E-state index contributed by atoms with van der Waals surface area (Å²) >= 11 is 18.4. The van der Waals surface area contributed by atoms with Crippen LogP contribution in [0.25, 0.3) is 0 Å². The van der Waals surface area contributed by atoms with Gasteiger partial charge in [-0.2, -0.15) is 0 Å². The van der Waals surface area contributed by atoms with Crippen molar-refractivity contribution < 1.29 is 9.59 Å². The third-order valence-corrected chi connectivity index (χ3v) is 5.81. The van der Waals surface area contributed by atoms with Crippen LogP contribution in [-0.4, -0.2) is 28.8 Å². The summed E-state index contributed by atoms with van der Waals surface area (Å²) in [7, 11) is 0. The highest BCUT2D eigenvalue weighted by Crippen LogP contribution is 2.24. The zero-order chi connectivity index (χ0) is 22.3. The Balaban J connectivity index is 2.34. The zero-order valence-electron chi connectivity index (χ0n) is 17.4. The first-order chi connectivity index (χ1) is 14.2. The maximum Gasteiger partial charge on any atom is 0.243 e. The first kappa shape index (κ1) is 24.5. The van der Waals surface area contributed by atoms with E-state index < -0.39 is 6.04 Å². The Morgan fingerprint density at radius 3 is 2.30 bits per heavy atom. The minimum Gasteiger partial charge on any atom is -0.352 e. The van der Waals surface area contributed by atoms with Crippen LogP contribution >= 0.6 is 34.8 Å². The summed E-state index contributed by atoms with van der Waals surface area (Å²) in [6.07, 6.45) is 1.43. The summed E-state index contributed by atoms with van der Waals surface area (Å²) in [4.78, 5) is 27.8. The van der Waals surface area contributed by atoms with Crippen LogP contribution in [0.4, 0.5) is 0 Å². The molecule has 7 heteroatoms. The van der Waals surface area contributed by atoms with E-state index in [0.717, 1.165) is 17.5 Å². The van der Waals surface area contributed by atoms with Crippen LogP contribution in [0.5, 0.6) is 0 Å². The Hall–Kier alpha value is -1.75. The summed E-state index contributed by atoms with van der Waals surface area (Å²) in [6, 6.07) is 11.7. The van der Waals surface area contributed by atoms with Gasteiger partial charge in [0.2, 0.25) is 11.8 Å². The molecule has 2 rings (SSSR count). The van der Waals surface area contributed by atoms with E-state index in [2.05, 4.69) is 5.32 Å². The van der Waals surface area contributed by atoms with Gasteiger partial charge in [0.25, 0.3) is 0 Å². The standard InChI is InChI=1S/C23H27Cl3N2O2/c1-4-15(3)27-23(30)21(5-2)28(14-17-9-10-19(25)13-20(17)26)22(29)12-16-7-6-8-18(24)11-16/h6-11,13,15,21H,4-5,12,14H2,1-3H3,(H,27,30). The van der Waals surface area contributed by atoms with Gasteiger partial charge in [-0.25, -0.2) is 0 Å². The molecule has 2 aromatic carbocycles. The Kier molecular flexibility index (Phi) is 9.47. The van der Waals surface area contributed by atoms with Crippen molar-refractivity contribution in [3.8, 4) is 0 Å². The lowest BCUT2D eigenvalue weighted by Crippen LogP contribution is -2.51. The molecule has 0 aliphatic rings. The number of nitrogens with one attached hydrogen (secondary N) is 1. The van der Waals surface area contributed by atoms with Crippen molar-refractivity contribution in [1.29, 1.82) is 0 Å². The highest BCUT2D eigenvalue weighted by molar-refractivity contribution is 6.35. The van der Waals surface area contributed by atoms with Gasteiger partial charge in [0.05, 0.1) is 6.42 Å². The van der Waals surface area contributed by atoms with Gasteiger partial charge in [-0.3, -0.25) is 9.59 Å². The molecule has 162 valence electrons. The second-order valence-electron chi connectivity index (χ2n) is 7.31. The first-order valence-corrected chi connectivity index (χ1v) is 11.2. The van der Waals surface area contributed by atoms with E-state index in [9.17, 15) is 9.59 Å². The molecule has 2 aromatic rings. The number of hydrogen-bond donors (Lipinski definition) is 1. The average Bonchev–Trinajstić information content (AvgIpc) is 2.69. The van der Waals surface area contributed by atoms with Crippen molar-refractivity contribution in [1.82, 2.24) is 10.2 Å². The fraction of sp³-hybridized carbons (Fsp3) is 0.391. The summed E-state index contributed by atoms with van der Waals surface area (Å²) in [5, 5.41) is 4.53. The molecule has 0 spiro atoms. The van der Waals surface area contributed by atoms with E-state index in [0.29, 0.717) is 21.5 Å². The number of carbonyl (C=O) groups is 2. The molecule has 0 heterocycles. The Labute approximate surface area is 193 Å². The van der Waals surface area contributed by atoms with E-state index >= 15 is 0 Å².